The highest BCUT2D eigenvalue weighted by molar-refractivity contribution is 5.63. The topological polar surface area (TPSA) is 59.7 Å². The van der Waals surface area contributed by atoms with Gasteiger partial charge in [0.1, 0.15) is 6.10 Å². The monoisotopic (exact) mass is 363 g/mol. The molecule has 0 spiro atoms. The molecule has 0 amide bonds. The Hall–Kier alpha value is -2.61. The average molecular weight is 363 g/mol. The van der Waals surface area contributed by atoms with E-state index in [1.807, 2.05) is 0 Å². The summed E-state index contributed by atoms with van der Waals surface area (Å²) in [6.45, 7) is 0. The van der Waals surface area contributed by atoms with Crippen LogP contribution < -0.4 is 4.74 Å². The van der Waals surface area contributed by atoms with E-state index in [0.29, 0.717) is 30.1 Å². The fraction of sp³-hybridized carbons (Fsp3) is 0.333. The van der Waals surface area contributed by atoms with Crippen LogP contribution in [0.15, 0.2) is 30.5 Å². The number of hydrogen-bond acceptors (Lipinski definition) is 4. The van der Waals surface area contributed by atoms with Crippen molar-refractivity contribution in [3.63, 3.8) is 0 Å². The molecule has 3 aromatic rings. The maximum Gasteiger partial charge on any atom is 0.232 e. The number of aliphatic hydroxyl groups is 1. The molecule has 1 aliphatic carbocycles. The first-order valence-corrected chi connectivity index (χ1v) is 8.35. The molecule has 4 rings (SSSR count). The molecular weight excluding hydrogens is 347 g/mol. The number of aromatic nitrogens is 3. The molecule has 1 aliphatic rings. The van der Waals surface area contributed by atoms with E-state index in [0.717, 1.165) is 25.0 Å². The highest BCUT2D eigenvalue weighted by atomic mass is 19.2. The molecule has 1 aromatic carbocycles. The summed E-state index contributed by atoms with van der Waals surface area (Å²) in [6.07, 6.45) is 3.90. The van der Waals surface area contributed by atoms with Crippen molar-refractivity contribution in [2.75, 3.05) is 0 Å². The molecule has 8 heteroatoms. The lowest BCUT2D eigenvalue weighted by Crippen LogP contribution is -2.26. The molecular formula is C18H16F3N3O2. The summed E-state index contributed by atoms with van der Waals surface area (Å²) in [5, 5.41) is 13.9. The Bertz CT molecular complexity index is 929. The van der Waals surface area contributed by atoms with Gasteiger partial charge in [-0.2, -0.15) is 0 Å². The van der Waals surface area contributed by atoms with E-state index in [1.54, 1.807) is 12.1 Å². The first-order valence-electron chi connectivity index (χ1n) is 8.35. The Morgan fingerprint density at radius 2 is 1.73 bits per heavy atom. The van der Waals surface area contributed by atoms with Crippen LogP contribution in [0.1, 0.15) is 25.7 Å². The fourth-order valence-electron chi connectivity index (χ4n) is 3.15. The average Bonchev–Trinajstić information content (AvgIpc) is 3.04. The Kier molecular flexibility index (Phi) is 4.28. The Balaban J connectivity index is 1.67. The minimum atomic E-state index is -1.51. The summed E-state index contributed by atoms with van der Waals surface area (Å²) < 4.78 is 47.5. The minimum Gasteiger partial charge on any atom is -0.473 e. The van der Waals surface area contributed by atoms with E-state index in [-0.39, 0.29) is 17.8 Å². The number of aliphatic hydroxyl groups excluding tert-OH is 1. The maximum atomic E-state index is 13.5. The summed E-state index contributed by atoms with van der Waals surface area (Å²) in [5.41, 5.74) is 0.915. The quantitative estimate of drug-likeness (QED) is 0.724. The number of nitrogens with zero attached hydrogens (tertiary/aromatic N) is 3. The van der Waals surface area contributed by atoms with Gasteiger partial charge in [0.25, 0.3) is 0 Å². The van der Waals surface area contributed by atoms with Gasteiger partial charge in [0, 0.05) is 11.6 Å². The van der Waals surface area contributed by atoms with Gasteiger partial charge in [-0.25, -0.2) is 22.7 Å². The maximum absolute atomic E-state index is 13.5. The molecule has 0 saturated heterocycles. The van der Waals surface area contributed by atoms with Crippen molar-refractivity contribution < 1.29 is 23.0 Å². The van der Waals surface area contributed by atoms with E-state index >= 15 is 0 Å². The van der Waals surface area contributed by atoms with Gasteiger partial charge in [-0.1, -0.05) is 0 Å². The third kappa shape index (κ3) is 3.12. The van der Waals surface area contributed by atoms with E-state index in [2.05, 4.69) is 10.1 Å². The molecule has 5 nitrogen and oxygen atoms in total. The molecule has 1 saturated carbocycles. The van der Waals surface area contributed by atoms with Crippen molar-refractivity contribution in [3.8, 4) is 17.1 Å². The largest absolute Gasteiger partial charge is 0.473 e. The van der Waals surface area contributed by atoms with Crippen LogP contribution in [0, 0.1) is 17.5 Å². The third-order valence-electron chi connectivity index (χ3n) is 4.55. The van der Waals surface area contributed by atoms with Crippen molar-refractivity contribution >= 4 is 5.65 Å². The van der Waals surface area contributed by atoms with Crippen LogP contribution in [-0.2, 0) is 0 Å². The van der Waals surface area contributed by atoms with Crippen LogP contribution >= 0.6 is 0 Å². The van der Waals surface area contributed by atoms with Crippen LogP contribution in [0.2, 0.25) is 0 Å². The minimum absolute atomic E-state index is 0.0453. The summed E-state index contributed by atoms with van der Waals surface area (Å²) in [6, 6.07) is 5.15. The number of benzene rings is 1. The molecule has 136 valence electrons. The highest BCUT2D eigenvalue weighted by Gasteiger charge is 2.21. The van der Waals surface area contributed by atoms with Crippen molar-refractivity contribution in [2.24, 2.45) is 0 Å². The predicted molar refractivity (Wildman–Crippen MR) is 87.2 cm³/mol. The summed E-state index contributed by atoms with van der Waals surface area (Å²) in [7, 11) is 0. The second kappa shape index (κ2) is 6.60. The van der Waals surface area contributed by atoms with Gasteiger partial charge in [-0.05, 0) is 43.9 Å². The fourth-order valence-corrected chi connectivity index (χ4v) is 3.15. The van der Waals surface area contributed by atoms with Gasteiger partial charge in [-0.15, -0.1) is 5.10 Å². The van der Waals surface area contributed by atoms with E-state index in [4.69, 9.17) is 4.74 Å². The van der Waals surface area contributed by atoms with Gasteiger partial charge < -0.3 is 9.84 Å². The van der Waals surface area contributed by atoms with Crippen LogP contribution in [0.3, 0.4) is 0 Å². The number of ether oxygens (including phenoxy) is 1. The van der Waals surface area contributed by atoms with Crippen molar-refractivity contribution in [3.05, 3.63) is 47.9 Å². The lowest BCUT2D eigenvalue weighted by Gasteiger charge is -2.25. The molecule has 1 N–H and O–H groups in total. The molecule has 0 radical (unpaired) electrons. The Morgan fingerprint density at radius 1 is 1.04 bits per heavy atom. The number of rotatable bonds is 3. The number of fused-ring (bicyclic) bond motifs is 1. The van der Waals surface area contributed by atoms with Gasteiger partial charge >= 0.3 is 0 Å². The molecule has 0 aliphatic heterocycles. The molecule has 26 heavy (non-hydrogen) atoms. The standard InChI is InChI=1S/C18H16F3N3O2/c19-13-7-10(8-14(20)18(13)21)15-9-22-16-5-6-17(23-24(15)16)26-12-3-1-11(25)2-4-12/h5-9,11-12,25H,1-4H2. The summed E-state index contributed by atoms with van der Waals surface area (Å²) in [5.74, 6) is -3.72. The smallest absolute Gasteiger partial charge is 0.232 e. The van der Waals surface area contributed by atoms with Gasteiger partial charge in [0.05, 0.1) is 18.0 Å². The van der Waals surface area contributed by atoms with Gasteiger partial charge in [-0.3, -0.25) is 0 Å². The van der Waals surface area contributed by atoms with E-state index < -0.39 is 17.5 Å². The lowest BCUT2D eigenvalue weighted by atomic mass is 9.95. The van der Waals surface area contributed by atoms with Crippen LogP contribution in [0.25, 0.3) is 16.9 Å². The molecule has 2 heterocycles. The van der Waals surface area contributed by atoms with Crippen LogP contribution in [0.4, 0.5) is 13.2 Å². The first kappa shape index (κ1) is 16.8. The molecule has 0 bridgehead atoms. The zero-order valence-electron chi connectivity index (χ0n) is 13.7. The molecule has 0 unspecified atom stereocenters. The molecule has 2 aromatic heterocycles. The van der Waals surface area contributed by atoms with Crippen molar-refractivity contribution in [1.82, 2.24) is 14.6 Å². The number of hydrogen-bond donors (Lipinski definition) is 1. The van der Waals surface area contributed by atoms with Crippen LogP contribution in [0.5, 0.6) is 5.88 Å². The van der Waals surface area contributed by atoms with Gasteiger partial charge in [0.15, 0.2) is 23.1 Å². The van der Waals surface area contributed by atoms with E-state index in [9.17, 15) is 18.3 Å². The van der Waals surface area contributed by atoms with Gasteiger partial charge in [0.2, 0.25) is 5.88 Å². The summed E-state index contributed by atoms with van der Waals surface area (Å²) in [4.78, 5) is 4.15. The number of imidazole rings is 1. The van der Waals surface area contributed by atoms with Crippen molar-refractivity contribution in [1.29, 1.82) is 0 Å². The van der Waals surface area contributed by atoms with Crippen molar-refractivity contribution in [2.45, 2.75) is 37.9 Å². The Labute approximate surface area is 147 Å². The van der Waals surface area contributed by atoms with Crippen LogP contribution in [-0.4, -0.2) is 31.9 Å². The second-order valence-electron chi connectivity index (χ2n) is 6.39. The third-order valence-corrected chi connectivity index (χ3v) is 4.55. The zero-order chi connectivity index (χ0) is 18.3. The lowest BCUT2D eigenvalue weighted by molar-refractivity contribution is 0.0637. The zero-order valence-corrected chi connectivity index (χ0v) is 13.7. The number of halogens is 3. The molecule has 1 fully saturated rings. The van der Waals surface area contributed by atoms with E-state index in [1.165, 1.54) is 10.7 Å². The molecule has 0 atom stereocenters. The Morgan fingerprint density at radius 3 is 2.42 bits per heavy atom. The highest BCUT2D eigenvalue weighted by Crippen LogP contribution is 2.26. The SMILES string of the molecule is OC1CCC(Oc2ccc3ncc(-c4cc(F)c(F)c(F)c4)n3n2)CC1. The predicted octanol–water partition coefficient (Wildman–Crippen LogP) is 3.50. The second-order valence-corrected chi connectivity index (χ2v) is 6.39. The normalized spacial score (nSPS) is 20.5. The first-order chi connectivity index (χ1) is 12.5. The summed E-state index contributed by atoms with van der Waals surface area (Å²) >= 11 is 0.